The van der Waals surface area contributed by atoms with Crippen LogP contribution < -0.4 is 5.73 Å². The van der Waals surface area contributed by atoms with Gasteiger partial charge in [-0.1, -0.05) is 19.8 Å². The smallest absolute Gasteiger partial charge is 0.214 e. The van der Waals surface area contributed by atoms with Crippen LogP contribution in [0.1, 0.15) is 27.7 Å². The SMILES string of the molecule is C#CC#CC#CC#CC#CC#CC#CC#CC.CC.CC(N)=O.[B]. The number of carbonyl (C=O) groups is 1. The van der Waals surface area contributed by atoms with Crippen molar-refractivity contribution in [3.8, 4) is 95.2 Å². The van der Waals surface area contributed by atoms with E-state index in [9.17, 15) is 4.79 Å². The Morgan fingerprint density at radius 3 is 1.12 bits per heavy atom. The van der Waals surface area contributed by atoms with Crippen LogP contribution in [0.25, 0.3) is 0 Å². The van der Waals surface area contributed by atoms with Crippen LogP contribution in [0.4, 0.5) is 0 Å². The summed E-state index contributed by atoms with van der Waals surface area (Å²) in [6.07, 6.45) is 4.88. The lowest BCUT2D eigenvalue weighted by atomic mass is 10.5. The van der Waals surface area contributed by atoms with Gasteiger partial charge in [-0.15, -0.1) is 6.42 Å². The average Bonchev–Trinajstić information content (AvgIpc) is 2.53. The van der Waals surface area contributed by atoms with Gasteiger partial charge in [0.15, 0.2) is 0 Å². The molecular weight excluding hydrogens is 293 g/mol. The highest BCUT2D eigenvalue weighted by molar-refractivity contribution is 5.75. The van der Waals surface area contributed by atoms with Crippen molar-refractivity contribution in [1.29, 1.82) is 0 Å². The zero-order chi connectivity index (χ0) is 18.2. The van der Waals surface area contributed by atoms with Crippen LogP contribution in [0.5, 0.6) is 0 Å². The Labute approximate surface area is 148 Å². The number of terminal acetylenes is 1. The molecule has 0 aromatic carbocycles. The predicted molar refractivity (Wildman–Crippen MR) is 101 cm³/mol. The highest BCUT2D eigenvalue weighted by Crippen LogP contribution is 1.57. The second-order valence-corrected chi connectivity index (χ2v) is 2.63. The van der Waals surface area contributed by atoms with Crippen molar-refractivity contribution in [3.63, 3.8) is 0 Å². The summed E-state index contributed by atoms with van der Waals surface area (Å²) in [5, 5.41) is 0. The van der Waals surface area contributed by atoms with E-state index >= 15 is 0 Å². The van der Waals surface area contributed by atoms with Gasteiger partial charge in [0.1, 0.15) is 0 Å². The van der Waals surface area contributed by atoms with E-state index in [1.807, 2.05) is 13.8 Å². The summed E-state index contributed by atoms with van der Waals surface area (Å²) >= 11 is 0. The number of hydrogen-bond donors (Lipinski definition) is 1. The third kappa shape index (κ3) is 52.0. The van der Waals surface area contributed by atoms with Crippen molar-refractivity contribution < 1.29 is 4.79 Å². The van der Waals surface area contributed by atoms with Crippen molar-refractivity contribution in [1.82, 2.24) is 0 Å². The van der Waals surface area contributed by atoms with Crippen LogP contribution in [0.3, 0.4) is 0 Å². The molecule has 0 atom stereocenters. The Balaban J connectivity index is -0.000000248. The summed E-state index contributed by atoms with van der Waals surface area (Å²) in [6.45, 7) is 7.01. The summed E-state index contributed by atoms with van der Waals surface area (Å²) in [5.41, 5.74) is 4.47. The molecule has 3 heteroatoms. The van der Waals surface area contributed by atoms with Crippen LogP contribution in [0.15, 0.2) is 0 Å². The normalized spacial score (nSPS) is 3.96. The van der Waals surface area contributed by atoms with E-state index in [1.54, 1.807) is 6.92 Å². The zero-order valence-electron chi connectivity index (χ0n) is 14.1. The van der Waals surface area contributed by atoms with Crippen molar-refractivity contribution in [2.45, 2.75) is 27.7 Å². The topological polar surface area (TPSA) is 43.1 Å². The number of rotatable bonds is 0. The summed E-state index contributed by atoms with van der Waals surface area (Å²) in [5.74, 6) is 36.6. The second kappa shape index (κ2) is 31.4. The monoisotopic (exact) mass is 308 g/mol. The van der Waals surface area contributed by atoms with E-state index in [1.165, 1.54) is 6.92 Å². The first-order valence-electron chi connectivity index (χ1n) is 6.28. The molecule has 0 spiro atoms. The number of primary amides is 1. The van der Waals surface area contributed by atoms with Gasteiger partial charge in [0.25, 0.3) is 0 Å². The minimum Gasteiger partial charge on any atom is -0.370 e. The van der Waals surface area contributed by atoms with Gasteiger partial charge in [-0.05, 0) is 89.8 Å². The third-order valence-electron chi connectivity index (χ3n) is 0.947. The Morgan fingerprint density at radius 2 is 0.917 bits per heavy atom. The second-order valence-electron chi connectivity index (χ2n) is 2.63. The van der Waals surface area contributed by atoms with E-state index in [4.69, 9.17) is 6.42 Å². The van der Waals surface area contributed by atoms with E-state index in [0.717, 1.165) is 0 Å². The molecule has 0 saturated heterocycles. The van der Waals surface area contributed by atoms with Crippen LogP contribution in [-0.4, -0.2) is 14.3 Å². The molecule has 0 heterocycles. The van der Waals surface area contributed by atoms with Gasteiger partial charge in [-0.25, -0.2) is 0 Å². The molecule has 0 aromatic rings. The van der Waals surface area contributed by atoms with Crippen LogP contribution in [0, 0.1) is 95.2 Å². The lowest BCUT2D eigenvalue weighted by Crippen LogP contribution is -2.01. The van der Waals surface area contributed by atoms with Gasteiger partial charge in [-0.2, -0.15) is 0 Å². The van der Waals surface area contributed by atoms with Gasteiger partial charge in [0, 0.05) is 15.3 Å². The number of carbonyl (C=O) groups excluding carboxylic acids is 1. The molecule has 1 amide bonds. The number of nitrogens with two attached hydrogens (primary N) is 1. The fourth-order valence-electron chi connectivity index (χ4n) is 0.442. The highest BCUT2D eigenvalue weighted by atomic mass is 16.1. The quantitative estimate of drug-likeness (QED) is 0.522. The van der Waals surface area contributed by atoms with Gasteiger partial charge >= 0.3 is 0 Å². The van der Waals surface area contributed by atoms with Crippen molar-refractivity contribution in [2.24, 2.45) is 5.73 Å². The maximum atomic E-state index is 9.22. The Hall–Kier alpha value is -3.99. The molecule has 0 bridgehead atoms. The van der Waals surface area contributed by atoms with Gasteiger partial charge < -0.3 is 5.73 Å². The molecule has 0 aliphatic rings. The minimum atomic E-state index is -0.333. The molecule has 24 heavy (non-hydrogen) atoms. The fourth-order valence-corrected chi connectivity index (χ4v) is 0.442. The third-order valence-corrected chi connectivity index (χ3v) is 0.947. The Kier molecular flexibility index (Phi) is 36.9. The molecule has 0 unspecified atom stereocenters. The molecule has 0 aliphatic heterocycles. The summed E-state index contributed by atoms with van der Waals surface area (Å²) < 4.78 is 0. The predicted octanol–water partition coefficient (Wildman–Crippen LogP) is 0.800. The van der Waals surface area contributed by atoms with Crippen molar-refractivity contribution >= 4 is 14.3 Å². The summed E-state index contributed by atoms with van der Waals surface area (Å²) in [6, 6.07) is 0. The maximum Gasteiger partial charge on any atom is 0.214 e. The molecule has 2 N–H and O–H groups in total. The van der Waals surface area contributed by atoms with E-state index in [2.05, 4.69) is 94.5 Å². The number of amides is 1. The minimum absolute atomic E-state index is 0. The summed E-state index contributed by atoms with van der Waals surface area (Å²) in [4.78, 5) is 9.22. The zero-order valence-corrected chi connectivity index (χ0v) is 14.1. The molecule has 0 aliphatic carbocycles. The first-order chi connectivity index (χ1) is 11.1. The molecule has 2 nitrogen and oxygen atoms in total. The molecule has 0 rings (SSSR count). The summed E-state index contributed by atoms with van der Waals surface area (Å²) in [7, 11) is 0. The van der Waals surface area contributed by atoms with Crippen LogP contribution in [-0.2, 0) is 4.79 Å². The van der Waals surface area contributed by atoms with E-state index in [0.29, 0.717) is 0 Å². The van der Waals surface area contributed by atoms with E-state index in [-0.39, 0.29) is 14.3 Å². The molecule has 0 aromatic heterocycles. The first kappa shape index (κ1) is 28.2. The molecular formula is C21H15BNO. The van der Waals surface area contributed by atoms with Crippen molar-refractivity contribution in [2.75, 3.05) is 0 Å². The van der Waals surface area contributed by atoms with Crippen LogP contribution in [0.2, 0.25) is 0 Å². The average molecular weight is 308 g/mol. The van der Waals surface area contributed by atoms with Crippen LogP contribution >= 0.6 is 0 Å². The first-order valence-corrected chi connectivity index (χ1v) is 6.28. The van der Waals surface area contributed by atoms with Crippen molar-refractivity contribution in [3.05, 3.63) is 0 Å². The van der Waals surface area contributed by atoms with Gasteiger partial charge in [-0.3, -0.25) is 4.79 Å². The Bertz CT molecular complexity index is 835. The largest absolute Gasteiger partial charge is 0.370 e. The van der Waals surface area contributed by atoms with Gasteiger partial charge in [0.2, 0.25) is 5.91 Å². The lowest BCUT2D eigenvalue weighted by Gasteiger charge is -1.60. The Morgan fingerprint density at radius 1 is 0.708 bits per heavy atom. The maximum absolute atomic E-state index is 9.22. The van der Waals surface area contributed by atoms with E-state index < -0.39 is 0 Å². The molecule has 113 valence electrons. The highest BCUT2D eigenvalue weighted by Gasteiger charge is 1.61. The molecule has 3 radical (unpaired) electrons. The number of hydrogen-bond acceptors (Lipinski definition) is 1. The van der Waals surface area contributed by atoms with Gasteiger partial charge in [0.05, 0.1) is 0 Å². The molecule has 0 saturated carbocycles. The fraction of sp³-hybridized carbons (Fsp3) is 0.190. The standard InChI is InChI=1S/C17H4.C2H5NO.C2H6.B/c1-3-5-7-9-11-13-15-17-16-14-12-10-8-6-4-2;1-2(3)4;1-2;/h1H,2H3;1H3,(H2,3,4);1-2H3;. The molecule has 0 fully saturated rings. The lowest BCUT2D eigenvalue weighted by molar-refractivity contribution is -0.115.